The highest BCUT2D eigenvalue weighted by Crippen LogP contribution is 2.32. The summed E-state index contributed by atoms with van der Waals surface area (Å²) >= 11 is 0. The number of rotatable bonds is 5. The number of nitrogens with one attached hydrogen (secondary N) is 1. The first-order valence-corrected chi connectivity index (χ1v) is 8.11. The normalized spacial score (nSPS) is 23.4. The first-order valence-electron chi connectivity index (χ1n) is 8.11. The molecule has 0 heterocycles. The maximum atomic E-state index is 12.3. The molecule has 1 amide bonds. The molecule has 132 valence electrons. The molecule has 2 rings (SSSR count). The number of aryl methyl sites for hydroxylation is 1. The smallest absolute Gasteiger partial charge is 0.308 e. The highest BCUT2D eigenvalue weighted by Gasteiger charge is 2.36. The summed E-state index contributed by atoms with van der Waals surface area (Å²) in [4.78, 5) is 23.8. The summed E-state index contributed by atoms with van der Waals surface area (Å²) in [5.41, 5.74) is 0.435. The largest absolute Gasteiger partial charge is 0.496 e. The highest BCUT2D eigenvalue weighted by atomic mass is 16.5. The van der Waals surface area contributed by atoms with Crippen molar-refractivity contribution >= 4 is 11.9 Å². The molecule has 0 atom stereocenters. The minimum Gasteiger partial charge on any atom is -0.496 e. The van der Waals surface area contributed by atoms with E-state index in [1.807, 2.05) is 6.92 Å². The van der Waals surface area contributed by atoms with Crippen molar-refractivity contribution in [3.8, 4) is 5.75 Å². The van der Waals surface area contributed by atoms with E-state index in [0.717, 1.165) is 11.3 Å². The molecule has 6 heteroatoms. The molecule has 1 aromatic carbocycles. The molecule has 0 aliphatic heterocycles. The second-order valence-electron chi connectivity index (χ2n) is 6.39. The number of esters is 1. The average Bonchev–Trinajstić information content (AvgIpc) is 2.59. The maximum Gasteiger partial charge on any atom is 0.308 e. The summed E-state index contributed by atoms with van der Waals surface area (Å²) in [6.45, 7) is 2.04. The van der Waals surface area contributed by atoms with Crippen LogP contribution in [0.15, 0.2) is 18.2 Å². The lowest BCUT2D eigenvalue weighted by atomic mass is 9.78. The third-order valence-corrected chi connectivity index (χ3v) is 4.69. The summed E-state index contributed by atoms with van der Waals surface area (Å²) in [5, 5.41) is 13.4. The van der Waals surface area contributed by atoms with E-state index in [0.29, 0.717) is 31.2 Å². The van der Waals surface area contributed by atoms with Crippen molar-refractivity contribution in [2.75, 3.05) is 20.8 Å². The fourth-order valence-corrected chi connectivity index (χ4v) is 3.10. The molecule has 0 bridgehead atoms. The summed E-state index contributed by atoms with van der Waals surface area (Å²) in [6.07, 6.45) is 2.07. The number of benzene rings is 1. The minimum atomic E-state index is -0.971. The van der Waals surface area contributed by atoms with Gasteiger partial charge in [0.25, 0.3) is 5.91 Å². The number of methoxy groups -OCH3 is 2. The predicted molar refractivity (Wildman–Crippen MR) is 89.0 cm³/mol. The van der Waals surface area contributed by atoms with E-state index in [-0.39, 0.29) is 24.3 Å². The van der Waals surface area contributed by atoms with Gasteiger partial charge in [-0.05, 0) is 56.4 Å². The minimum absolute atomic E-state index is 0.157. The molecule has 24 heavy (non-hydrogen) atoms. The Balaban J connectivity index is 1.90. The Morgan fingerprint density at radius 2 is 1.96 bits per heavy atom. The third-order valence-electron chi connectivity index (χ3n) is 4.69. The van der Waals surface area contributed by atoms with Crippen molar-refractivity contribution in [2.45, 2.75) is 38.2 Å². The van der Waals surface area contributed by atoms with Crippen LogP contribution in [-0.4, -0.2) is 43.3 Å². The molecular weight excluding hydrogens is 310 g/mol. The Morgan fingerprint density at radius 1 is 1.29 bits per heavy atom. The van der Waals surface area contributed by atoms with Crippen LogP contribution in [0, 0.1) is 12.8 Å². The monoisotopic (exact) mass is 335 g/mol. The SMILES string of the molecule is COC(=O)C1CCC(O)(CNC(=O)c2ccc(OC)c(C)c2)CC1. The zero-order valence-corrected chi connectivity index (χ0v) is 14.4. The second kappa shape index (κ2) is 7.66. The van der Waals surface area contributed by atoms with Crippen LogP contribution in [0.1, 0.15) is 41.6 Å². The summed E-state index contributed by atoms with van der Waals surface area (Å²) in [7, 11) is 2.96. The van der Waals surface area contributed by atoms with E-state index in [2.05, 4.69) is 5.32 Å². The lowest BCUT2D eigenvalue weighted by Crippen LogP contribution is -2.46. The van der Waals surface area contributed by atoms with Crippen molar-refractivity contribution in [3.63, 3.8) is 0 Å². The van der Waals surface area contributed by atoms with Crippen LogP contribution < -0.4 is 10.1 Å². The number of hydrogen-bond donors (Lipinski definition) is 2. The van der Waals surface area contributed by atoms with E-state index in [1.54, 1.807) is 25.3 Å². The summed E-state index contributed by atoms with van der Waals surface area (Å²) in [6, 6.07) is 5.20. The van der Waals surface area contributed by atoms with Gasteiger partial charge in [-0.1, -0.05) is 0 Å². The van der Waals surface area contributed by atoms with Crippen LogP contribution in [-0.2, 0) is 9.53 Å². The van der Waals surface area contributed by atoms with Gasteiger partial charge in [0.05, 0.1) is 25.7 Å². The van der Waals surface area contributed by atoms with Gasteiger partial charge in [0.15, 0.2) is 0 Å². The van der Waals surface area contributed by atoms with Crippen LogP contribution >= 0.6 is 0 Å². The third kappa shape index (κ3) is 4.26. The standard InChI is InChI=1S/C18H25NO5/c1-12-10-14(4-5-15(12)23-2)16(20)19-11-18(22)8-6-13(7-9-18)17(21)24-3/h4-5,10,13,22H,6-9,11H2,1-3H3,(H,19,20). The van der Waals surface area contributed by atoms with Gasteiger partial charge in [0.1, 0.15) is 5.75 Å². The van der Waals surface area contributed by atoms with Gasteiger partial charge >= 0.3 is 5.97 Å². The van der Waals surface area contributed by atoms with Crippen LogP contribution in [0.25, 0.3) is 0 Å². The zero-order chi connectivity index (χ0) is 17.7. The molecule has 2 N–H and O–H groups in total. The van der Waals surface area contributed by atoms with Gasteiger partial charge in [0.2, 0.25) is 0 Å². The van der Waals surface area contributed by atoms with Gasteiger partial charge in [-0.25, -0.2) is 0 Å². The quantitative estimate of drug-likeness (QED) is 0.802. The number of ether oxygens (including phenoxy) is 2. The van der Waals surface area contributed by atoms with Crippen LogP contribution in [0.5, 0.6) is 5.75 Å². The van der Waals surface area contributed by atoms with Crippen LogP contribution in [0.3, 0.4) is 0 Å². The Labute approximate surface area is 142 Å². The van der Waals surface area contributed by atoms with Gasteiger partial charge in [-0.3, -0.25) is 9.59 Å². The van der Waals surface area contributed by atoms with E-state index in [1.165, 1.54) is 7.11 Å². The van der Waals surface area contributed by atoms with Crippen molar-refractivity contribution in [2.24, 2.45) is 5.92 Å². The molecule has 0 aromatic heterocycles. The van der Waals surface area contributed by atoms with Crippen LogP contribution in [0.4, 0.5) is 0 Å². The van der Waals surface area contributed by atoms with E-state index >= 15 is 0 Å². The molecule has 6 nitrogen and oxygen atoms in total. The molecule has 0 radical (unpaired) electrons. The van der Waals surface area contributed by atoms with Crippen LogP contribution in [0.2, 0.25) is 0 Å². The highest BCUT2D eigenvalue weighted by molar-refractivity contribution is 5.94. The number of amides is 1. The molecular formula is C18H25NO5. The van der Waals surface area contributed by atoms with Crippen molar-refractivity contribution in [3.05, 3.63) is 29.3 Å². The summed E-state index contributed by atoms with van der Waals surface area (Å²) in [5.74, 6) is 0.112. The molecule has 0 saturated heterocycles. The lowest BCUT2D eigenvalue weighted by Gasteiger charge is -2.35. The number of carbonyl (C=O) groups is 2. The number of carbonyl (C=O) groups excluding carboxylic acids is 2. The van der Waals surface area contributed by atoms with Crippen molar-refractivity contribution in [1.29, 1.82) is 0 Å². The Hall–Kier alpha value is -2.08. The predicted octanol–water partition coefficient (Wildman–Crippen LogP) is 1.83. The van der Waals surface area contributed by atoms with E-state index < -0.39 is 5.60 Å². The van der Waals surface area contributed by atoms with Gasteiger partial charge in [-0.15, -0.1) is 0 Å². The number of hydrogen-bond acceptors (Lipinski definition) is 5. The zero-order valence-electron chi connectivity index (χ0n) is 14.4. The van der Waals surface area contributed by atoms with Crippen molar-refractivity contribution < 1.29 is 24.2 Å². The van der Waals surface area contributed by atoms with Crippen molar-refractivity contribution in [1.82, 2.24) is 5.32 Å². The Bertz CT molecular complexity index is 605. The fraction of sp³-hybridized carbons (Fsp3) is 0.556. The van der Waals surface area contributed by atoms with E-state index in [4.69, 9.17) is 9.47 Å². The lowest BCUT2D eigenvalue weighted by molar-refractivity contribution is -0.148. The maximum absolute atomic E-state index is 12.3. The fourth-order valence-electron chi connectivity index (χ4n) is 3.10. The van der Waals surface area contributed by atoms with Gasteiger partial charge < -0.3 is 19.9 Å². The number of aliphatic hydroxyl groups is 1. The molecule has 1 fully saturated rings. The topological polar surface area (TPSA) is 84.9 Å². The first-order chi connectivity index (χ1) is 11.4. The Kier molecular flexibility index (Phi) is 5.83. The van der Waals surface area contributed by atoms with Gasteiger partial charge in [0, 0.05) is 12.1 Å². The van der Waals surface area contributed by atoms with E-state index in [9.17, 15) is 14.7 Å². The average molecular weight is 335 g/mol. The molecule has 1 aliphatic carbocycles. The van der Waals surface area contributed by atoms with Gasteiger partial charge in [-0.2, -0.15) is 0 Å². The second-order valence-corrected chi connectivity index (χ2v) is 6.39. The molecule has 0 unspecified atom stereocenters. The molecule has 1 aliphatic rings. The Morgan fingerprint density at radius 3 is 2.50 bits per heavy atom. The molecule has 1 saturated carbocycles. The molecule has 0 spiro atoms. The first kappa shape index (κ1) is 18.3. The molecule has 1 aromatic rings. The summed E-state index contributed by atoms with van der Waals surface area (Å²) < 4.78 is 9.92.